The minimum atomic E-state index is -0.308. The number of carbonyl (C=O) groups is 1. The summed E-state index contributed by atoms with van der Waals surface area (Å²) in [5.41, 5.74) is 4.27. The van der Waals surface area contributed by atoms with Gasteiger partial charge in [0, 0.05) is 11.4 Å². The smallest absolute Gasteiger partial charge is 0.277 e. The lowest BCUT2D eigenvalue weighted by Crippen LogP contribution is -2.12. The molecule has 8 heteroatoms. The molecule has 152 valence electrons. The summed E-state index contributed by atoms with van der Waals surface area (Å²) in [5.74, 6) is 1.37. The van der Waals surface area contributed by atoms with Gasteiger partial charge in [-0.05, 0) is 45.0 Å². The van der Waals surface area contributed by atoms with Gasteiger partial charge in [0.25, 0.3) is 5.91 Å². The summed E-state index contributed by atoms with van der Waals surface area (Å²) in [5, 5.41) is 12.0. The fourth-order valence-corrected chi connectivity index (χ4v) is 3.72. The predicted octanol–water partition coefficient (Wildman–Crippen LogP) is 4.73. The fraction of sp³-hybridized carbons (Fsp3) is 0.182. The minimum Gasteiger partial charge on any atom is -0.447 e. The van der Waals surface area contributed by atoms with Gasteiger partial charge in [-0.15, -0.1) is 10.2 Å². The van der Waals surface area contributed by atoms with Crippen LogP contribution in [0, 0.1) is 20.8 Å². The number of carbonyl (C=O) groups excluding carboxylic acids is 1. The Morgan fingerprint density at radius 3 is 2.37 bits per heavy atom. The van der Waals surface area contributed by atoms with E-state index in [0.717, 1.165) is 22.2 Å². The second-order valence-electron chi connectivity index (χ2n) is 6.94. The topological polar surface area (TPSA) is 85.8 Å². The van der Waals surface area contributed by atoms with E-state index in [9.17, 15) is 4.79 Å². The van der Waals surface area contributed by atoms with Gasteiger partial charge < -0.3 is 9.73 Å². The van der Waals surface area contributed by atoms with Crippen molar-refractivity contribution >= 4 is 23.4 Å². The monoisotopic (exact) mass is 419 g/mol. The molecule has 0 aliphatic rings. The van der Waals surface area contributed by atoms with Crippen molar-refractivity contribution in [2.75, 3.05) is 5.32 Å². The molecule has 1 amide bonds. The molecule has 0 saturated carbocycles. The third-order valence-corrected chi connectivity index (χ3v) is 5.42. The van der Waals surface area contributed by atoms with Gasteiger partial charge in [-0.2, -0.15) is 0 Å². The van der Waals surface area contributed by atoms with Gasteiger partial charge in [-0.1, -0.05) is 47.2 Å². The van der Waals surface area contributed by atoms with Crippen molar-refractivity contribution in [3.8, 4) is 5.69 Å². The van der Waals surface area contributed by atoms with Gasteiger partial charge in [0.2, 0.25) is 5.89 Å². The van der Waals surface area contributed by atoms with Crippen LogP contribution in [-0.4, -0.2) is 25.7 Å². The maximum absolute atomic E-state index is 12.4. The minimum absolute atomic E-state index is 0.238. The van der Waals surface area contributed by atoms with E-state index >= 15 is 0 Å². The summed E-state index contributed by atoms with van der Waals surface area (Å²) in [6.07, 6.45) is 1.37. The highest BCUT2D eigenvalue weighted by Gasteiger charge is 2.16. The van der Waals surface area contributed by atoms with Crippen molar-refractivity contribution in [1.29, 1.82) is 0 Å². The van der Waals surface area contributed by atoms with Crippen LogP contribution in [0.3, 0.4) is 0 Å². The second kappa shape index (κ2) is 8.54. The van der Waals surface area contributed by atoms with Crippen LogP contribution in [0.25, 0.3) is 5.69 Å². The number of hydrogen-bond donors (Lipinski definition) is 1. The Morgan fingerprint density at radius 2 is 1.67 bits per heavy atom. The van der Waals surface area contributed by atoms with Crippen molar-refractivity contribution in [1.82, 2.24) is 19.7 Å². The summed E-state index contributed by atoms with van der Waals surface area (Å²) in [6.45, 7) is 5.96. The highest BCUT2D eigenvalue weighted by atomic mass is 32.2. The number of benzene rings is 2. The number of oxazole rings is 1. The number of anilines is 1. The average molecular weight is 420 g/mol. The van der Waals surface area contributed by atoms with E-state index in [4.69, 9.17) is 4.42 Å². The Morgan fingerprint density at radius 1 is 1.00 bits per heavy atom. The Labute approximate surface area is 178 Å². The van der Waals surface area contributed by atoms with Gasteiger partial charge in [0.05, 0.1) is 5.75 Å². The predicted molar refractivity (Wildman–Crippen MR) is 116 cm³/mol. The van der Waals surface area contributed by atoms with E-state index in [0.29, 0.717) is 17.3 Å². The first-order valence-corrected chi connectivity index (χ1v) is 10.4. The Kier molecular flexibility index (Phi) is 5.67. The van der Waals surface area contributed by atoms with Crippen LogP contribution >= 0.6 is 11.8 Å². The highest BCUT2D eigenvalue weighted by molar-refractivity contribution is 7.98. The van der Waals surface area contributed by atoms with Crippen LogP contribution in [0.4, 0.5) is 5.69 Å². The average Bonchev–Trinajstić information content (AvgIpc) is 3.36. The number of aromatic nitrogens is 4. The molecule has 0 spiro atoms. The van der Waals surface area contributed by atoms with E-state index in [-0.39, 0.29) is 11.6 Å². The highest BCUT2D eigenvalue weighted by Crippen LogP contribution is 2.25. The van der Waals surface area contributed by atoms with Crippen molar-refractivity contribution in [2.24, 2.45) is 0 Å². The summed E-state index contributed by atoms with van der Waals surface area (Å²) in [6, 6.07) is 15.8. The van der Waals surface area contributed by atoms with Gasteiger partial charge in [-0.25, -0.2) is 4.98 Å². The molecule has 1 N–H and O–H groups in total. The molecule has 2 aromatic carbocycles. The Bertz CT molecular complexity index is 1160. The lowest BCUT2D eigenvalue weighted by Gasteiger charge is -2.08. The SMILES string of the molecule is Cc1ccc(NC(=O)c2coc(CSc3nnc(C)n3-c3ccc(C)cc3)n2)cc1. The van der Waals surface area contributed by atoms with Crippen LogP contribution in [0.5, 0.6) is 0 Å². The van der Waals surface area contributed by atoms with Crippen LogP contribution in [-0.2, 0) is 5.75 Å². The first-order chi connectivity index (χ1) is 14.5. The number of thioether (sulfide) groups is 1. The molecule has 0 bridgehead atoms. The molecule has 4 aromatic rings. The largest absolute Gasteiger partial charge is 0.447 e. The molecular formula is C22H21N5O2S. The maximum atomic E-state index is 12.4. The molecule has 0 aliphatic heterocycles. The lowest BCUT2D eigenvalue weighted by molar-refractivity contribution is 0.102. The number of amides is 1. The van der Waals surface area contributed by atoms with Gasteiger partial charge >= 0.3 is 0 Å². The number of hydrogen-bond acceptors (Lipinski definition) is 6. The summed E-state index contributed by atoms with van der Waals surface area (Å²) in [7, 11) is 0. The molecular weight excluding hydrogens is 398 g/mol. The number of nitrogens with zero attached hydrogens (tertiary/aromatic N) is 4. The zero-order chi connectivity index (χ0) is 21.1. The van der Waals surface area contributed by atoms with Crippen molar-refractivity contribution in [3.63, 3.8) is 0 Å². The zero-order valence-corrected chi connectivity index (χ0v) is 17.7. The normalized spacial score (nSPS) is 10.9. The van der Waals surface area contributed by atoms with E-state index in [1.165, 1.54) is 23.6 Å². The van der Waals surface area contributed by atoms with E-state index in [1.807, 2.05) is 61.7 Å². The van der Waals surface area contributed by atoms with Crippen molar-refractivity contribution < 1.29 is 9.21 Å². The summed E-state index contributed by atoms with van der Waals surface area (Å²) in [4.78, 5) is 16.7. The van der Waals surface area contributed by atoms with Crippen molar-refractivity contribution in [2.45, 2.75) is 31.7 Å². The molecule has 0 radical (unpaired) electrons. The Balaban J connectivity index is 1.43. The summed E-state index contributed by atoms with van der Waals surface area (Å²) >= 11 is 1.45. The maximum Gasteiger partial charge on any atom is 0.277 e. The van der Waals surface area contributed by atoms with E-state index in [2.05, 4.69) is 32.6 Å². The first kappa shape index (κ1) is 19.9. The summed E-state index contributed by atoms with van der Waals surface area (Å²) < 4.78 is 7.47. The van der Waals surface area contributed by atoms with E-state index < -0.39 is 0 Å². The third kappa shape index (κ3) is 4.44. The molecule has 0 fully saturated rings. The third-order valence-electron chi connectivity index (χ3n) is 4.51. The van der Waals surface area contributed by atoms with Gasteiger partial charge in [0.1, 0.15) is 12.1 Å². The molecule has 7 nitrogen and oxygen atoms in total. The molecule has 0 saturated heterocycles. The van der Waals surface area contributed by atoms with Crippen LogP contribution in [0.1, 0.15) is 33.3 Å². The van der Waals surface area contributed by atoms with Crippen LogP contribution < -0.4 is 5.32 Å². The quantitative estimate of drug-likeness (QED) is 0.455. The molecule has 0 aliphatic carbocycles. The molecule has 4 rings (SSSR count). The van der Waals surface area contributed by atoms with Gasteiger partial charge in [-0.3, -0.25) is 9.36 Å². The zero-order valence-electron chi connectivity index (χ0n) is 16.9. The molecule has 0 unspecified atom stereocenters. The second-order valence-corrected chi connectivity index (χ2v) is 7.88. The Hall–Kier alpha value is -3.39. The molecule has 0 atom stereocenters. The molecule has 30 heavy (non-hydrogen) atoms. The van der Waals surface area contributed by atoms with E-state index in [1.54, 1.807) is 0 Å². The fourth-order valence-electron chi connectivity index (χ4n) is 2.87. The number of aryl methyl sites for hydroxylation is 3. The lowest BCUT2D eigenvalue weighted by atomic mass is 10.2. The van der Waals surface area contributed by atoms with Crippen molar-refractivity contribution in [3.05, 3.63) is 83.3 Å². The number of nitrogens with one attached hydrogen (secondary N) is 1. The van der Waals surface area contributed by atoms with Gasteiger partial charge in [0.15, 0.2) is 10.9 Å². The van der Waals surface area contributed by atoms with Crippen LogP contribution in [0.2, 0.25) is 0 Å². The van der Waals surface area contributed by atoms with Crippen LogP contribution in [0.15, 0.2) is 64.4 Å². The first-order valence-electron chi connectivity index (χ1n) is 9.44. The molecule has 2 heterocycles. The number of rotatable bonds is 6. The standard InChI is InChI=1S/C22H21N5O2S/c1-14-4-8-17(9-5-14)23-21(28)19-12-29-20(24-19)13-30-22-26-25-16(3)27(22)18-10-6-15(2)7-11-18/h4-12H,13H2,1-3H3,(H,23,28). The molecule has 2 aromatic heterocycles.